The number of methoxy groups -OCH3 is 1. The van der Waals surface area contributed by atoms with Gasteiger partial charge in [-0.05, 0) is 43.3 Å². The average Bonchev–Trinajstić information content (AvgIpc) is 3.18. The minimum absolute atomic E-state index is 0.172. The van der Waals surface area contributed by atoms with E-state index in [1.54, 1.807) is 20.2 Å². The highest BCUT2D eigenvalue weighted by molar-refractivity contribution is 5.92. The van der Waals surface area contributed by atoms with Gasteiger partial charge in [0.2, 0.25) is 5.91 Å². The van der Waals surface area contributed by atoms with E-state index in [-0.39, 0.29) is 12.3 Å². The summed E-state index contributed by atoms with van der Waals surface area (Å²) in [4.78, 5) is 16.5. The van der Waals surface area contributed by atoms with Crippen LogP contribution < -0.4 is 14.8 Å². The van der Waals surface area contributed by atoms with Crippen LogP contribution in [-0.4, -0.2) is 24.6 Å². The molecule has 2 aromatic carbocycles. The van der Waals surface area contributed by atoms with Gasteiger partial charge in [0.1, 0.15) is 17.3 Å². The molecule has 1 N–H and O–H groups in total. The topological polar surface area (TPSA) is 73.6 Å². The van der Waals surface area contributed by atoms with Gasteiger partial charge < -0.3 is 19.2 Å². The fraction of sp³-hybridized carbons (Fsp3) is 0.238. The second kappa shape index (κ2) is 9.03. The van der Waals surface area contributed by atoms with Crippen LogP contribution in [0.1, 0.15) is 19.2 Å². The van der Waals surface area contributed by atoms with Gasteiger partial charge in [0.25, 0.3) is 0 Å². The molecule has 28 heavy (non-hydrogen) atoms. The van der Waals surface area contributed by atoms with Crippen LogP contribution in [0.4, 0.5) is 10.1 Å². The summed E-state index contributed by atoms with van der Waals surface area (Å²) in [6.07, 6.45) is 2.14. The molecule has 3 rings (SSSR count). The van der Waals surface area contributed by atoms with Crippen LogP contribution in [0.5, 0.6) is 11.5 Å². The molecule has 0 fully saturated rings. The smallest absolute Gasteiger partial charge is 0.224 e. The van der Waals surface area contributed by atoms with Crippen LogP contribution in [-0.2, 0) is 11.2 Å². The van der Waals surface area contributed by atoms with Crippen molar-refractivity contribution in [1.82, 2.24) is 4.98 Å². The summed E-state index contributed by atoms with van der Waals surface area (Å²) in [6, 6.07) is 11.4. The average molecular weight is 384 g/mol. The normalized spacial score (nSPS) is 10.5. The highest BCUT2D eigenvalue weighted by atomic mass is 19.1. The van der Waals surface area contributed by atoms with Gasteiger partial charge in [0.05, 0.1) is 25.6 Å². The molecule has 0 atom stereocenters. The molecule has 0 spiro atoms. The number of ether oxygens (including phenoxy) is 2. The Morgan fingerprint density at radius 1 is 1.21 bits per heavy atom. The zero-order chi connectivity index (χ0) is 19.9. The number of anilines is 1. The number of nitrogens with zero attached hydrogens (tertiary/aromatic N) is 1. The van der Waals surface area contributed by atoms with Crippen molar-refractivity contribution in [3.05, 3.63) is 60.4 Å². The third-order valence-electron chi connectivity index (χ3n) is 4.01. The Kier molecular flexibility index (Phi) is 6.26. The van der Waals surface area contributed by atoms with Crippen LogP contribution in [0.3, 0.4) is 0 Å². The maximum absolute atomic E-state index is 13.3. The van der Waals surface area contributed by atoms with E-state index in [1.165, 1.54) is 18.2 Å². The Labute approximate surface area is 162 Å². The van der Waals surface area contributed by atoms with Gasteiger partial charge in [-0.15, -0.1) is 0 Å². The summed E-state index contributed by atoms with van der Waals surface area (Å²) in [5, 5.41) is 2.73. The number of hydrogen-bond donors (Lipinski definition) is 1. The number of aryl methyl sites for hydroxylation is 1. The van der Waals surface area contributed by atoms with Crippen molar-refractivity contribution in [2.45, 2.75) is 19.8 Å². The van der Waals surface area contributed by atoms with Gasteiger partial charge in [-0.1, -0.05) is 0 Å². The molecule has 0 unspecified atom stereocenters. The molecule has 7 heteroatoms. The molecular weight excluding hydrogens is 363 g/mol. The second-order valence-corrected chi connectivity index (χ2v) is 5.97. The molecule has 0 saturated carbocycles. The third kappa shape index (κ3) is 4.88. The van der Waals surface area contributed by atoms with Gasteiger partial charge in [0.15, 0.2) is 11.7 Å². The SMILES string of the molecule is CCOc1cc(F)ccc1NC(=O)CCc1ncc(-c2ccc(OC)cc2)o1. The van der Waals surface area contributed by atoms with Crippen LogP contribution in [0, 0.1) is 5.82 Å². The Morgan fingerprint density at radius 3 is 2.71 bits per heavy atom. The lowest BCUT2D eigenvalue weighted by Gasteiger charge is -2.11. The third-order valence-corrected chi connectivity index (χ3v) is 4.01. The maximum atomic E-state index is 13.3. The summed E-state index contributed by atoms with van der Waals surface area (Å²) in [5.41, 5.74) is 1.30. The molecule has 0 bridgehead atoms. The molecular formula is C21H21FN2O4. The van der Waals surface area contributed by atoms with Crippen molar-refractivity contribution in [2.75, 3.05) is 19.0 Å². The Hall–Kier alpha value is -3.35. The van der Waals surface area contributed by atoms with E-state index in [2.05, 4.69) is 10.3 Å². The van der Waals surface area contributed by atoms with Gasteiger partial charge >= 0.3 is 0 Å². The maximum Gasteiger partial charge on any atom is 0.224 e. The molecule has 1 aromatic heterocycles. The second-order valence-electron chi connectivity index (χ2n) is 5.97. The van der Waals surface area contributed by atoms with Gasteiger partial charge in [-0.25, -0.2) is 9.37 Å². The van der Waals surface area contributed by atoms with E-state index >= 15 is 0 Å². The molecule has 0 radical (unpaired) electrons. The van der Waals surface area contributed by atoms with E-state index in [1.807, 2.05) is 24.3 Å². The molecule has 1 heterocycles. The first-order chi connectivity index (χ1) is 13.6. The number of carbonyl (C=O) groups excluding carboxylic acids is 1. The van der Waals surface area contributed by atoms with Crippen molar-refractivity contribution in [3.63, 3.8) is 0 Å². The number of amides is 1. The number of aromatic nitrogens is 1. The highest BCUT2D eigenvalue weighted by Gasteiger charge is 2.12. The number of halogens is 1. The van der Waals surface area contributed by atoms with Crippen LogP contribution >= 0.6 is 0 Å². The zero-order valence-electron chi connectivity index (χ0n) is 15.7. The van der Waals surface area contributed by atoms with Crippen molar-refractivity contribution in [2.24, 2.45) is 0 Å². The lowest BCUT2D eigenvalue weighted by atomic mass is 10.2. The molecule has 0 aliphatic carbocycles. The first-order valence-electron chi connectivity index (χ1n) is 8.90. The summed E-state index contributed by atoms with van der Waals surface area (Å²) in [6.45, 7) is 2.16. The van der Waals surface area contributed by atoms with Crippen molar-refractivity contribution in [3.8, 4) is 22.8 Å². The zero-order valence-corrected chi connectivity index (χ0v) is 15.7. The van der Waals surface area contributed by atoms with E-state index in [4.69, 9.17) is 13.9 Å². The van der Waals surface area contributed by atoms with E-state index in [9.17, 15) is 9.18 Å². The van der Waals surface area contributed by atoms with E-state index in [0.717, 1.165) is 11.3 Å². The first kappa shape index (κ1) is 19.4. The first-order valence-corrected chi connectivity index (χ1v) is 8.90. The monoisotopic (exact) mass is 384 g/mol. The van der Waals surface area contributed by atoms with Crippen molar-refractivity contribution >= 4 is 11.6 Å². The van der Waals surface area contributed by atoms with Crippen molar-refractivity contribution < 1.29 is 23.1 Å². The highest BCUT2D eigenvalue weighted by Crippen LogP contribution is 2.26. The predicted octanol–water partition coefficient (Wildman–Crippen LogP) is 4.46. The molecule has 6 nitrogen and oxygen atoms in total. The molecule has 0 saturated heterocycles. The largest absolute Gasteiger partial charge is 0.497 e. The van der Waals surface area contributed by atoms with Gasteiger partial charge in [0, 0.05) is 24.5 Å². The molecule has 3 aromatic rings. The number of rotatable bonds is 8. The Balaban J connectivity index is 1.59. The fourth-order valence-electron chi connectivity index (χ4n) is 2.62. The van der Waals surface area contributed by atoms with E-state index in [0.29, 0.717) is 36.1 Å². The standard InChI is InChI=1S/C21H21FN2O4/c1-3-27-18-12-15(22)6-9-17(18)24-20(25)10-11-21-23-13-19(28-21)14-4-7-16(26-2)8-5-14/h4-9,12-13H,3,10-11H2,1-2H3,(H,24,25). The minimum atomic E-state index is -0.424. The Bertz CT molecular complexity index is 938. The minimum Gasteiger partial charge on any atom is -0.497 e. The molecule has 1 amide bonds. The van der Waals surface area contributed by atoms with E-state index < -0.39 is 5.82 Å². The summed E-state index contributed by atoms with van der Waals surface area (Å²) >= 11 is 0. The van der Waals surface area contributed by atoms with Gasteiger partial charge in [-0.3, -0.25) is 4.79 Å². The van der Waals surface area contributed by atoms with Crippen LogP contribution in [0.15, 0.2) is 53.1 Å². The summed E-state index contributed by atoms with van der Waals surface area (Å²) < 4.78 is 29.5. The number of benzene rings is 2. The lowest BCUT2D eigenvalue weighted by molar-refractivity contribution is -0.116. The van der Waals surface area contributed by atoms with Crippen molar-refractivity contribution in [1.29, 1.82) is 0 Å². The molecule has 0 aliphatic heterocycles. The number of hydrogen-bond acceptors (Lipinski definition) is 5. The van der Waals surface area contributed by atoms with Gasteiger partial charge in [-0.2, -0.15) is 0 Å². The summed E-state index contributed by atoms with van der Waals surface area (Å²) in [7, 11) is 1.61. The van der Waals surface area contributed by atoms with Crippen LogP contribution in [0.25, 0.3) is 11.3 Å². The molecule has 146 valence electrons. The number of carbonyl (C=O) groups is 1. The van der Waals surface area contributed by atoms with Crippen LogP contribution in [0.2, 0.25) is 0 Å². The number of oxazole rings is 1. The predicted molar refractivity (Wildman–Crippen MR) is 103 cm³/mol. The fourth-order valence-corrected chi connectivity index (χ4v) is 2.62. The lowest BCUT2D eigenvalue weighted by Crippen LogP contribution is -2.13. The number of nitrogens with one attached hydrogen (secondary N) is 1. The summed E-state index contributed by atoms with van der Waals surface area (Å²) in [5.74, 6) is 1.48. The quantitative estimate of drug-likeness (QED) is 0.621. The Morgan fingerprint density at radius 2 is 2.00 bits per heavy atom. The molecule has 0 aliphatic rings.